The number of hydrogen-bond donors (Lipinski definition) is 1. The second-order valence-electron chi connectivity index (χ2n) is 8.49. The summed E-state index contributed by atoms with van der Waals surface area (Å²) in [6.45, 7) is 13.3. The Bertz CT molecular complexity index is 519. The van der Waals surface area contributed by atoms with E-state index in [1.165, 1.54) is 32.1 Å². The molecule has 0 aromatic carbocycles. The van der Waals surface area contributed by atoms with Crippen LogP contribution in [0.2, 0.25) is 0 Å². The molecule has 1 aliphatic carbocycles. The van der Waals surface area contributed by atoms with E-state index in [1.54, 1.807) is 0 Å². The highest BCUT2D eigenvalue weighted by atomic mass is 16.5. The largest absolute Gasteiger partial charge is 0.378 e. The Morgan fingerprint density at radius 3 is 2.29 bits per heavy atom. The summed E-state index contributed by atoms with van der Waals surface area (Å²) in [5.41, 5.74) is 0.424. The Morgan fingerprint density at radius 1 is 1.00 bits per heavy atom. The maximum absolute atomic E-state index is 12.5. The zero-order valence-electron chi connectivity index (χ0n) is 17.9. The maximum atomic E-state index is 12.5. The smallest absolute Gasteiger partial charge is 0.236 e. The summed E-state index contributed by atoms with van der Waals surface area (Å²) in [5, 5.41) is 3.49. The highest BCUT2D eigenvalue weighted by molar-refractivity contribution is 5.80. The Hall–Kier alpha value is -1.34. The number of carbonyl (C=O) groups excluding carboxylic acids is 1. The van der Waals surface area contributed by atoms with E-state index in [4.69, 9.17) is 9.73 Å². The number of aliphatic imine (C=N–C) groups is 1. The standard InChI is InChI=1S/C21H39N5O2/c1-3-21(7-5-6-8-21)18-23-20(22-4-2)26-11-9-24(10-12-26)17-19(27)25-13-15-28-16-14-25/h3-18H2,1-2H3,(H,22,23). The van der Waals surface area contributed by atoms with Gasteiger partial charge in [0.05, 0.1) is 19.8 Å². The lowest BCUT2D eigenvalue weighted by atomic mass is 9.83. The molecule has 7 nitrogen and oxygen atoms in total. The minimum Gasteiger partial charge on any atom is -0.378 e. The van der Waals surface area contributed by atoms with E-state index in [9.17, 15) is 4.79 Å². The van der Waals surface area contributed by atoms with Crippen molar-refractivity contribution in [1.29, 1.82) is 0 Å². The van der Waals surface area contributed by atoms with Gasteiger partial charge in [0, 0.05) is 52.4 Å². The number of rotatable bonds is 6. The average molecular weight is 394 g/mol. The molecule has 0 radical (unpaired) electrons. The Kier molecular flexibility index (Phi) is 7.97. The average Bonchev–Trinajstić information content (AvgIpc) is 3.22. The van der Waals surface area contributed by atoms with Gasteiger partial charge >= 0.3 is 0 Å². The highest BCUT2D eigenvalue weighted by Crippen LogP contribution is 2.41. The van der Waals surface area contributed by atoms with Crippen molar-refractivity contribution in [2.75, 3.05) is 72.1 Å². The van der Waals surface area contributed by atoms with E-state index in [-0.39, 0.29) is 5.91 Å². The lowest BCUT2D eigenvalue weighted by Gasteiger charge is -2.37. The van der Waals surface area contributed by atoms with Crippen molar-refractivity contribution in [2.45, 2.75) is 46.0 Å². The van der Waals surface area contributed by atoms with Crippen molar-refractivity contribution in [2.24, 2.45) is 10.4 Å². The predicted octanol–water partition coefficient (Wildman–Crippen LogP) is 1.40. The van der Waals surface area contributed by atoms with Crippen molar-refractivity contribution in [1.82, 2.24) is 20.0 Å². The van der Waals surface area contributed by atoms with E-state index in [0.717, 1.165) is 58.3 Å². The molecule has 160 valence electrons. The summed E-state index contributed by atoms with van der Waals surface area (Å²) >= 11 is 0. The SMILES string of the molecule is CCNC(=NCC1(CC)CCCC1)N1CCN(CC(=O)N2CCOCC2)CC1. The summed E-state index contributed by atoms with van der Waals surface area (Å²) in [7, 11) is 0. The van der Waals surface area contributed by atoms with Crippen LogP contribution in [0.3, 0.4) is 0 Å². The molecule has 1 N–H and O–H groups in total. The van der Waals surface area contributed by atoms with Gasteiger partial charge in [-0.25, -0.2) is 0 Å². The first kappa shape index (κ1) is 21.4. The maximum Gasteiger partial charge on any atom is 0.236 e. The molecular weight excluding hydrogens is 354 g/mol. The van der Waals surface area contributed by atoms with E-state index in [2.05, 4.69) is 29.0 Å². The van der Waals surface area contributed by atoms with E-state index >= 15 is 0 Å². The van der Waals surface area contributed by atoms with Gasteiger partial charge in [0.1, 0.15) is 0 Å². The minimum atomic E-state index is 0.239. The monoisotopic (exact) mass is 393 g/mol. The van der Waals surface area contributed by atoms with Crippen LogP contribution < -0.4 is 5.32 Å². The Labute approximate surface area is 170 Å². The van der Waals surface area contributed by atoms with Crippen LogP contribution >= 0.6 is 0 Å². The van der Waals surface area contributed by atoms with Crippen molar-refractivity contribution < 1.29 is 9.53 Å². The number of carbonyl (C=O) groups is 1. The van der Waals surface area contributed by atoms with Gasteiger partial charge in [0.25, 0.3) is 0 Å². The highest BCUT2D eigenvalue weighted by Gasteiger charge is 2.32. The number of hydrogen-bond acceptors (Lipinski definition) is 4. The molecule has 0 atom stereocenters. The van der Waals surface area contributed by atoms with Crippen molar-refractivity contribution in [3.05, 3.63) is 0 Å². The summed E-state index contributed by atoms with van der Waals surface area (Å²) in [5.74, 6) is 1.30. The summed E-state index contributed by atoms with van der Waals surface area (Å²) < 4.78 is 5.34. The number of piperazine rings is 1. The van der Waals surface area contributed by atoms with Crippen molar-refractivity contribution >= 4 is 11.9 Å². The second-order valence-corrected chi connectivity index (χ2v) is 8.49. The Morgan fingerprint density at radius 2 is 1.68 bits per heavy atom. The van der Waals surface area contributed by atoms with Gasteiger partial charge in [0.2, 0.25) is 5.91 Å². The molecular formula is C21H39N5O2. The molecule has 28 heavy (non-hydrogen) atoms. The van der Waals surface area contributed by atoms with Gasteiger partial charge in [-0.1, -0.05) is 19.8 Å². The third-order valence-electron chi connectivity index (χ3n) is 6.71. The molecule has 0 aromatic heterocycles. The summed E-state index contributed by atoms with van der Waals surface area (Å²) in [6.07, 6.45) is 6.59. The predicted molar refractivity (Wildman–Crippen MR) is 113 cm³/mol. The van der Waals surface area contributed by atoms with E-state index in [0.29, 0.717) is 25.2 Å². The van der Waals surface area contributed by atoms with E-state index < -0.39 is 0 Å². The molecule has 0 unspecified atom stereocenters. The van der Waals surface area contributed by atoms with Gasteiger partial charge < -0.3 is 19.9 Å². The quantitative estimate of drug-likeness (QED) is 0.546. The summed E-state index contributed by atoms with van der Waals surface area (Å²) in [6, 6.07) is 0. The van der Waals surface area contributed by atoms with Gasteiger partial charge in [-0.15, -0.1) is 0 Å². The zero-order valence-corrected chi connectivity index (χ0v) is 17.9. The first-order valence-corrected chi connectivity index (χ1v) is 11.3. The van der Waals surface area contributed by atoms with Crippen LogP contribution in [0.5, 0.6) is 0 Å². The fourth-order valence-corrected chi connectivity index (χ4v) is 4.64. The molecule has 1 saturated carbocycles. The van der Waals surface area contributed by atoms with Crippen LogP contribution in [0.25, 0.3) is 0 Å². The molecule has 7 heteroatoms. The summed E-state index contributed by atoms with van der Waals surface area (Å²) in [4.78, 5) is 24.1. The number of guanidine groups is 1. The number of ether oxygens (including phenoxy) is 1. The number of nitrogens with zero attached hydrogens (tertiary/aromatic N) is 4. The van der Waals surface area contributed by atoms with Crippen LogP contribution in [-0.4, -0.2) is 98.7 Å². The molecule has 0 aromatic rings. The van der Waals surface area contributed by atoms with Gasteiger partial charge in [-0.3, -0.25) is 14.7 Å². The van der Waals surface area contributed by atoms with Crippen molar-refractivity contribution in [3.63, 3.8) is 0 Å². The fraction of sp³-hybridized carbons (Fsp3) is 0.905. The van der Waals surface area contributed by atoms with Crippen LogP contribution in [0.4, 0.5) is 0 Å². The normalized spacial score (nSPS) is 23.9. The third-order valence-corrected chi connectivity index (χ3v) is 6.71. The number of amides is 1. The van der Waals surface area contributed by atoms with Crippen LogP contribution in [0.15, 0.2) is 4.99 Å². The first-order valence-electron chi connectivity index (χ1n) is 11.3. The van der Waals surface area contributed by atoms with Crippen LogP contribution in [0.1, 0.15) is 46.0 Å². The molecule has 0 bridgehead atoms. The molecule has 0 spiro atoms. The fourth-order valence-electron chi connectivity index (χ4n) is 4.64. The molecule has 3 rings (SSSR count). The van der Waals surface area contributed by atoms with Crippen LogP contribution in [-0.2, 0) is 9.53 Å². The third kappa shape index (κ3) is 5.60. The molecule has 3 aliphatic rings. The lowest BCUT2D eigenvalue weighted by molar-refractivity contribution is -0.136. The molecule has 2 saturated heterocycles. The zero-order chi connectivity index (χ0) is 19.8. The van der Waals surface area contributed by atoms with Crippen molar-refractivity contribution in [3.8, 4) is 0 Å². The lowest BCUT2D eigenvalue weighted by Crippen LogP contribution is -2.55. The number of morpholine rings is 1. The van der Waals surface area contributed by atoms with Crippen LogP contribution in [0, 0.1) is 5.41 Å². The molecule has 2 aliphatic heterocycles. The van der Waals surface area contributed by atoms with E-state index in [1.807, 2.05) is 4.90 Å². The molecule has 1 amide bonds. The molecule has 3 fully saturated rings. The van der Waals surface area contributed by atoms with Gasteiger partial charge in [-0.05, 0) is 31.6 Å². The second kappa shape index (κ2) is 10.4. The Balaban J connectivity index is 1.49. The van der Waals surface area contributed by atoms with Gasteiger partial charge in [0.15, 0.2) is 5.96 Å². The molecule has 2 heterocycles. The minimum absolute atomic E-state index is 0.239. The van der Waals surface area contributed by atoms with Gasteiger partial charge in [-0.2, -0.15) is 0 Å². The number of nitrogens with one attached hydrogen (secondary N) is 1. The topological polar surface area (TPSA) is 60.4 Å². The first-order chi connectivity index (χ1) is 13.7.